The molecule has 0 aliphatic carbocycles. The van der Waals surface area contributed by atoms with Crippen molar-refractivity contribution in [1.82, 2.24) is 0 Å². The molecule has 0 spiro atoms. The van der Waals surface area contributed by atoms with Crippen LogP contribution in [0.5, 0.6) is 5.75 Å². The van der Waals surface area contributed by atoms with Crippen molar-refractivity contribution in [3.63, 3.8) is 0 Å². The maximum absolute atomic E-state index is 14.1. The van der Waals surface area contributed by atoms with Crippen molar-refractivity contribution in [2.75, 3.05) is 0 Å². The van der Waals surface area contributed by atoms with Gasteiger partial charge in [0.15, 0.2) is 12.2 Å². The Bertz CT molecular complexity index is 1900. The van der Waals surface area contributed by atoms with E-state index in [0.717, 1.165) is 29.5 Å². The summed E-state index contributed by atoms with van der Waals surface area (Å²) in [5.74, 6) is -0.684. The van der Waals surface area contributed by atoms with Crippen LogP contribution in [0.15, 0.2) is 93.2 Å². The van der Waals surface area contributed by atoms with Crippen LogP contribution >= 0.6 is 0 Å². The highest BCUT2D eigenvalue weighted by molar-refractivity contribution is 5.90. The summed E-state index contributed by atoms with van der Waals surface area (Å²) in [5.41, 5.74) is 3.75. The Morgan fingerprint density at radius 2 is 1.60 bits per heavy atom. The number of aryl methyl sites for hydroxylation is 2. The smallest absolute Gasteiger partial charge is 0.336 e. The number of esters is 2. The third kappa shape index (κ3) is 7.09. The fraction of sp³-hybridized carbons (Fsp3) is 0.375. The number of hydrogen-bond donors (Lipinski definition) is 1. The van der Waals surface area contributed by atoms with E-state index in [9.17, 15) is 19.5 Å². The van der Waals surface area contributed by atoms with Crippen molar-refractivity contribution in [3.05, 3.63) is 122 Å². The number of aliphatic hydroxyl groups excluding tert-OH is 1. The second-order valence-electron chi connectivity index (χ2n) is 13.6. The second kappa shape index (κ2) is 13.8. The zero-order valence-corrected chi connectivity index (χ0v) is 27.9. The molecular weight excluding hydrogens is 608 g/mol. The van der Waals surface area contributed by atoms with Gasteiger partial charge in [-0.1, -0.05) is 60.2 Å². The van der Waals surface area contributed by atoms with Gasteiger partial charge in [-0.15, -0.1) is 0 Å². The summed E-state index contributed by atoms with van der Waals surface area (Å²) in [4.78, 5) is 40.7. The molecule has 250 valence electrons. The number of benzene rings is 3. The number of carbonyl (C=O) groups is 2. The van der Waals surface area contributed by atoms with E-state index in [1.807, 2.05) is 32.0 Å². The minimum absolute atomic E-state index is 0.0338. The van der Waals surface area contributed by atoms with Gasteiger partial charge in [0.2, 0.25) is 0 Å². The van der Waals surface area contributed by atoms with Gasteiger partial charge < -0.3 is 23.7 Å². The first-order chi connectivity index (χ1) is 23.0. The molecule has 2 bridgehead atoms. The summed E-state index contributed by atoms with van der Waals surface area (Å²) in [5, 5.41) is 10.5. The molecule has 3 atom stereocenters. The molecule has 3 aliphatic rings. The van der Waals surface area contributed by atoms with Crippen LogP contribution in [-0.4, -0.2) is 28.8 Å². The summed E-state index contributed by atoms with van der Waals surface area (Å²) in [6.07, 6.45) is 1.25. The van der Waals surface area contributed by atoms with Crippen molar-refractivity contribution >= 4 is 22.9 Å². The van der Waals surface area contributed by atoms with E-state index < -0.39 is 42.0 Å². The summed E-state index contributed by atoms with van der Waals surface area (Å²) in [6, 6.07) is 23.2. The standard InChI is InChI=1S/C40H42O8/c1-24(2)30-17-16-26-10-13-27(14-11-26)20-28(15-12-25-8-6-5-7-9-25)21-33(42)46-37-35-32(48-40(3,4)38(37)47-39(30)44)19-18-31-29(23-41)22-34(43)45-36(31)35/h5-11,13-14,18-19,22,28,37-38,41H,12,15-17,20-21,23H2,1-4H3/t28-,37-,38-/m0/s1. The molecule has 0 saturated heterocycles. The lowest BCUT2D eigenvalue weighted by Crippen LogP contribution is -2.52. The quantitative estimate of drug-likeness (QED) is 0.141. The van der Waals surface area contributed by atoms with Crippen molar-refractivity contribution in [3.8, 4) is 5.75 Å². The highest BCUT2D eigenvalue weighted by Gasteiger charge is 2.50. The third-order valence-corrected chi connectivity index (χ3v) is 9.48. The first-order valence-corrected chi connectivity index (χ1v) is 16.6. The monoisotopic (exact) mass is 650 g/mol. The molecule has 3 aromatic carbocycles. The van der Waals surface area contributed by atoms with Gasteiger partial charge in [-0.2, -0.15) is 0 Å². The van der Waals surface area contributed by atoms with E-state index in [1.165, 1.54) is 11.6 Å². The molecule has 0 unspecified atom stereocenters. The second-order valence-corrected chi connectivity index (χ2v) is 13.6. The third-order valence-electron chi connectivity index (χ3n) is 9.48. The zero-order valence-electron chi connectivity index (χ0n) is 27.9. The molecule has 0 fully saturated rings. The van der Waals surface area contributed by atoms with E-state index in [4.69, 9.17) is 18.6 Å². The molecule has 7 rings (SSSR count). The van der Waals surface area contributed by atoms with Gasteiger partial charge in [0.25, 0.3) is 0 Å². The number of rotatable bonds is 4. The summed E-state index contributed by atoms with van der Waals surface area (Å²) < 4.78 is 24.8. The molecule has 1 aromatic heterocycles. The Labute approximate surface area is 280 Å². The summed E-state index contributed by atoms with van der Waals surface area (Å²) in [6.45, 7) is 6.92. The average Bonchev–Trinajstić information content (AvgIpc) is 3.05. The minimum Gasteiger partial charge on any atom is -0.483 e. The Balaban J connectivity index is 1.45. The van der Waals surface area contributed by atoms with E-state index in [2.05, 4.69) is 36.4 Å². The molecule has 4 heterocycles. The number of allylic oxidation sites excluding steroid dienone is 1. The van der Waals surface area contributed by atoms with E-state index in [-0.39, 0.29) is 17.9 Å². The van der Waals surface area contributed by atoms with Crippen LogP contribution < -0.4 is 10.4 Å². The minimum atomic E-state index is -1.15. The van der Waals surface area contributed by atoms with E-state index >= 15 is 0 Å². The molecular formula is C40H42O8. The fourth-order valence-electron chi connectivity index (χ4n) is 6.87. The van der Waals surface area contributed by atoms with Crippen LogP contribution in [0, 0.1) is 5.92 Å². The fourth-order valence-corrected chi connectivity index (χ4v) is 6.87. The lowest BCUT2D eigenvalue weighted by Gasteiger charge is -2.43. The Morgan fingerprint density at radius 3 is 2.31 bits per heavy atom. The van der Waals surface area contributed by atoms with Crippen LogP contribution in [0.2, 0.25) is 0 Å². The van der Waals surface area contributed by atoms with Gasteiger partial charge in [0, 0.05) is 23.4 Å². The Hall–Kier alpha value is -4.69. The van der Waals surface area contributed by atoms with Crippen LogP contribution in [-0.2, 0) is 44.9 Å². The van der Waals surface area contributed by atoms with Crippen molar-refractivity contribution < 1.29 is 33.3 Å². The number of fused-ring (bicyclic) bond motifs is 13. The molecule has 0 radical (unpaired) electrons. The van der Waals surface area contributed by atoms with Crippen LogP contribution in [0.4, 0.5) is 0 Å². The van der Waals surface area contributed by atoms with Crippen LogP contribution in [0.25, 0.3) is 11.0 Å². The van der Waals surface area contributed by atoms with Gasteiger partial charge in [-0.3, -0.25) is 4.79 Å². The molecule has 48 heavy (non-hydrogen) atoms. The Morgan fingerprint density at radius 1 is 0.875 bits per heavy atom. The highest BCUT2D eigenvalue weighted by Crippen LogP contribution is 2.47. The number of hydrogen-bond acceptors (Lipinski definition) is 8. The first-order valence-electron chi connectivity index (χ1n) is 16.6. The highest BCUT2D eigenvalue weighted by atomic mass is 16.6. The number of ether oxygens (including phenoxy) is 3. The zero-order chi connectivity index (χ0) is 34.0. The maximum atomic E-state index is 14.1. The molecule has 4 aromatic rings. The maximum Gasteiger partial charge on any atom is 0.336 e. The van der Waals surface area contributed by atoms with Gasteiger partial charge in [-0.25, -0.2) is 9.59 Å². The van der Waals surface area contributed by atoms with Crippen LogP contribution in [0.1, 0.15) is 80.9 Å². The molecule has 8 nitrogen and oxygen atoms in total. The van der Waals surface area contributed by atoms with Gasteiger partial charge >= 0.3 is 17.6 Å². The molecule has 3 aliphatic heterocycles. The van der Waals surface area contributed by atoms with Crippen LogP contribution in [0.3, 0.4) is 0 Å². The molecule has 0 saturated carbocycles. The number of carbonyl (C=O) groups excluding carboxylic acids is 2. The van der Waals surface area contributed by atoms with E-state index in [0.29, 0.717) is 47.1 Å². The molecule has 1 N–H and O–H groups in total. The van der Waals surface area contributed by atoms with Gasteiger partial charge in [-0.05, 0) is 100 Å². The van der Waals surface area contributed by atoms with Crippen molar-refractivity contribution in [2.24, 2.45) is 5.92 Å². The molecule has 8 heteroatoms. The molecule has 0 amide bonds. The predicted octanol–water partition coefficient (Wildman–Crippen LogP) is 7.12. The largest absolute Gasteiger partial charge is 0.483 e. The summed E-state index contributed by atoms with van der Waals surface area (Å²) in [7, 11) is 0. The van der Waals surface area contributed by atoms with Gasteiger partial charge in [0.1, 0.15) is 16.9 Å². The normalized spacial score (nSPS) is 21.1. The van der Waals surface area contributed by atoms with Crippen molar-refractivity contribution in [1.29, 1.82) is 0 Å². The lowest BCUT2D eigenvalue weighted by atomic mass is 9.86. The van der Waals surface area contributed by atoms with Gasteiger partial charge in [0.05, 0.1) is 12.2 Å². The number of aliphatic hydroxyl groups is 1. The summed E-state index contributed by atoms with van der Waals surface area (Å²) >= 11 is 0. The average molecular weight is 651 g/mol. The topological polar surface area (TPSA) is 112 Å². The Kier molecular flexibility index (Phi) is 9.56. The SMILES string of the molecule is CC(C)=C1CCc2ccc(cc2)C[C@H](CCc2ccccc2)CC(=O)O[C@H]2c3c(ccc4c(CO)cc(=O)oc34)OC(C)(C)[C@H]2OC1=O. The van der Waals surface area contributed by atoms with E-state index in [1.54, 1.807) is 26.0 Å². The van der Waals surface area contributed by atoms with Crippen molar-refractivity contribution in [2.45, 2.75) is 90.6 Å². The lowest BCUT2D eigenvalue weighted by molar-refractivity contribution is -0.188. The predicted molar refractivity (Wildman–Crippen MR) is 182 cm³/mol. The first kappa shape index (κ1) is 33.2.